The van der Waals surface area contributed by atoms with Crippen LogP contribution in [-0.2, 0) is 14.3 Å². The van der Waals surface area contributed by atoms with Crippen LogP contribution in [0.25, 0.3) is 0 Å². The van der Waals surface area contributed by atoms with Crippen molar-refractivity contribution in [2.75, 3.05) is 13.7 Å². The lowest BCUT2D eigenvalue weighted by molar-refractivity contribution is -0.159. The first-order valence-electron chi connectivity index (χ1n) is 11.6. The van der Waals surface area contributed by atoms with Crippen molar-refractivity contribution < 1.29 is 24.2 Å². The van der Waals surface area contributed by atoms with E-state index in [-0.39, 0.29) is 12.4 Å². The number of benzene rings is 3. The Morgan fingerprint density at radius 3 is 2.00 bits per heavy atom. The van der Waals surface area contributed by atoms with Gasteiger partial charge in [0.2, 0.25) is 5.91 Å². The fourth-order valence-corrected chi connectivity index (χ4v) is 5.38. The molecule has 0 bridgehead atoms. The number of hydrogen-bond acceptors (Lipinski definition) is 4. The molecule has 35 heavy (non-hydrogen) atoms. The molecular formula is C29H29NO5. The molecule has 1 saturated heterocycles. The van der Waals surface area contributed by atoms with Crippen LogP contribution in [0.15, 0.2) is 84.9 Å². The number of nitrogens with zero attached hydrogens (tertiary/aromatic N) is 1. The number of methoxy groups -OCH3 is 1. The van der Waals surface area contributed by atoms with Crippen LogP contribution in [0.3, 0.4) is 0 Å². The summed E-state index contributed by atoms with van der Waals surface area (Å²) in [4.78, 5) is 42.1. The lowest BCUT2D eigenvalue weighted by Crippen LogP contribution is -2.55. The van der Waals surface area contributed by atoms with Gasteiger partial charge in [0, 0.05) is 18.6 Å². The number of hydrogen-bond donors (Lipinski definition) is 1. The number of amides is 1. The van der Waals surface area contributed by atoms with Crippen molar-refractivity contribution in [1.29, 1.82) is 0 Å². The maximum Gasteiger partial charge on any atom is 0.330 e. The van der Waals surface area contributed by atoms with Crippen molar-refractivity contribution in [2.45, 2.75) is 31.3 Å². The minimum absolute atomic E-state index is 0.204. The van der Waals surface area contributed by atoms with Gasteiger partial charge in [0.1, 0.15) is 12.1 Å². The molecule has 0 aromatic heterocycles. The molecule has 1 aliphatic rings. The van der Waals surface area contributed by atoms with E-state index in [1.54, 1.807) is 31.2 Å². The summed E-state index contributed by atoms with van der Waals surface area (Å²) in [5.41, 5.74) is 1.20. The SMILES string of the molecule is COCC(=O)N1C(c2ccc(C)cc2)C(C(=O)c2ccccc2)C(c2ccccc2)C1(C)C(=O)O. The van der Waals surface area contributed by atoms with Crippen molar-refractivity contribution in [3.8, 4) is 0 Å². The second-order valence-electron chi connectivity index (χ2n) is 9.15. The number of carboxylic acids is 1. The van der Waals surface area contributed by atoms with Crippen LogP contribution in [0, 0.1) is 12.8 Å². The average Bonchev–Trinajstić information content (AvgIpc) is 3.15. The Balaban J connectivity index is 2.03. The standard InChI is InChI=1S/C29H29NO5/c1-19-14-16-21(17-15-19)26-24(27(32)22-12-8-5-9-13-22)25(20-10-6-4-7-11-20)29(2,28(33)34)30(26)23(31)18-35-3/h4-17,24-26H,18H2,1-3H3,(H,33,34). The molecule has 0 radical (unpaired) electrons. The largest absolute Gasteiger partial charge is 0.479 e. The first kappa shape index (κ1) is 24.4. The maximum absolute atomic E-state index is 14.2. The van der Waals surface area contributed by atoms with E-state index in [0.717, 1.165) is 5.56 Å². The normalized spacial score (nSPS) is 23.7. The van der Waals surface area contributed by atoms with Gasteiger partial charge in [-0.1, -0.05) is 90.5 Å². The average molecular weight is 472 g/mol. The summed E-state index contributed by atoms with van der Waals surface area (Å²) in [6.45, 7) is 3.20. The molecule has 6 heteroatoms. The molecule has 1 amide bonds. The van der Waals surface area contributed by atoms with E-state index < -0.39 is 35.3 Å². The second kappa shape index (κ2) is 9.84. The van der Waals surface area contributed by atoms with Crippen molar-refractivity contribution in [3.05, 3.63) is 107 Å². The molecule has 4 unspecified atom stereocenters. The van der Waals surface area contributed by atoms with Gasteiger partial charge in [0.15, 0.2) is 5.78 Å². The van der Waals surface area contributed by atoms with E-state index in [9.17, 15) is 19.5 Å². The molecule has 1 aliphatic heterocycles. The van der Waals surface area contributed by atoms with E-state index in [2.05, 4.69) is 0 Å². The summed E-state index contributed by atoms with van der Waals surface area (Å²) < 4.78 is 5.14. The van der Waals surface area contributed by atoms with Crippen LogP contribution in [0.5, 0.6) is 0 Å². The Kier molecular flexibility index (Phi) is 6.85. The number of carbonyl (C=O) groups excluding carboxylic acids is 2. The molecule has 3 aromatic rings. The smallest absolute Gasteiger partial charge is 0.330 e. The van der Waals surface area contributed by atoms with E-state index in [4.69, 9.17) is 4.74 Å². The Morgan fingerprint density at radius 1 is 0.886 bits per heavy atom. The van der Waals surface area contributed by atoms with Crippen molar-refractivity contribution >= 4 is 17.7 Å². The summed E-state index contributed by atoms with van der Waals surface area (Å²) in [6.07, 6.45) is 0. The Labute approximate surface area is 205 Å². The van der Waals surface area contributed by atoms with Gasteiger partial charge in [-0.3, -0.25) is 9.59 Å². The number of likely N-dealkylation sites (tertiary alicyclic amines) is 1. The van der Waals surface area contributed by atoms with Crippen molar-refractivity contribution in [1.82, 2.24) is 4.90 Å². The monoisotopic (exact) mass is 471 g/mol. The number of Topliss-reactive ketones (excluding diaryl/α,β-unsaturated/α-hetero) is 1. The highest BCUT2D eigenvalue weighted by Gasteiger charge is 2.64. The van der Waals surface area contributed by atoms with Gasteiger partial charge in [-0.05, 0) is 25.0 Å². The van der Waals surface area contributed by atoms with Gasteiger partial charge in [-0.25, -0.2) is 4.79 Å². The molecule has 3 aromatic carbocycles. The molecule has 4 atom stereocenters. The number of aliphatic carboxylic acids is 1. The molecule has 0 aliphatic carbocycles. The third-order valence-electron chi connectivity index (χ3n) is 6.99. The molecule has 0 saturated carbocycles. The predicted octanol–water partition coefficient (Wildman–Crippen LogP) is 4.65. The first-order valence-corrected chi connectivity index (χ1v) is 11.6. The second-order valence-corrected chi connectivity index (χ2v) is 9.15. The number of carbonyl (C=O) groups is 3. The number of carboxylic acid groups (broad SMARTS) is 1. The summed E-state index contributed by atoms with van der Waals surface area (Å²) >= 11 is 0. The topological polar surface area (TPSA) is 83.9 Å². The summed E-state index contributed by atoms with van der Waals surface area (Å²) in [6, 6.07) is 24.8. The Hall–Kier alpha value is -3.77. The van der Waals surface area contributed by atoms with Crippen molar-refractivity contribution in [2.24, 2.45) is 5.92 Å². The molecule has 1 N–H and O–H groups in total. The summed E-state index contributed by atoms with van der Waals surface area (Å²) in [5.74, 6) is -3.47. The lowest BCUT2D eigenvalue weighted by atomic mass is 9.71. The Bertz CT molecular complexity index is 1210. The van der Waals surface area contributed by atoms with Crippen LogP contribution in [-0.4, -0.2) is 46.9 Å². The molecule has 0 spiro atoms. The highest BCUT2D eigenvalue weighted by atomic mass is 16.5. The third kappa shape index (κ3) is 4.26. The van der Waals surface area contributed by atoms with Crippen LogP contribution in [0.1, 0.15) is 45.9 Å². The van der Waals surface area contributed by atoms with Crippen molar-refractivity contribution in [3.63, 3.8) is 0 Å². The Morgan fingerprint density at radius 2 is 1.46 bits per heavy atom. The molecule has 1 heterocycles. The quantitative estimate of drug-likeness (QED) is 0.507. The number of rotatable bonds is 7. The highest BCUT2D eigenvalue weighted by molar-refractivity contribution is 6.02. The van der Waals surface area contributed by atoms with Gasteiger partial charge < -0.3 is 14.7 Å². The van der Waals surface area contributed by atoms with Gasteiger partial charge in [-0.2, -0.15) is 0 Å². The highest BCUT2D eigenvalue weighted by Crippen LogP contribution is 2.56. The molecule has 6 nitrogen and oxygen atoms in total. The summed E-state index contributed by atoms with van der Waals surface area (Å²) in [7, 11) is 1.40. The van der Waals surface area contributed by atoms with E-state index in [1.165, 1.54) is 12.0 Å². The zero-order valence-electron chi connectivity index (χ0n) is 20.0. The zero-order valence-corrected chi connectivity index (χ0v) is 20.0. The fraction of sp³-hybridized carbons (Fsp3) is 0.276. The summed E-state index contributed by atoms with van der Waals surface area (Å²) in [5, 5.41) is 10.6. The minimum Gasteiger partial charge on any atom is -0.479 e. The first-order chi connectivity index (χ1) is 16.8. The van der Waals surface area contributed by atoms with Gasteiger partial charge in [0.25, 0.3) is 0 Å². The van der Waals surface area contributed by atoms with Gasteiger partial charge >= 0.3 is 5.97 Å². The lowest BCUT2D eigenvalue weighted by Gasteiger charge is -2.37. The molecular weight excluding hydrogens is 442 g/mol. The molecule has 4 rings (SSSR count). The predicted molar refractivity (Wildman–Crippen MR) is 132 cm³/mol. The van der Waals surface area contributed by atoms with E-state index in [1.807, 2.05) is 67.6 Å². The zero-order chi connectivity index (χ0) is 25.2. The van der Waals surface area contributed by atoms with Crippen LogP contribution < -0.4 is 0 Å². The van der Waals surface area contributed by atoms with Crippen LogP contribution >= 0.6 is 0 Å². The number of aryl methyl sites for hydroxylation is 1. The maximum atomic E-state index is 14.2. The minimum atomic E-state index is -1.69. The number of ether oxygens (including phenoxy) is 1. The van der Waals surface area contributed by atoms with E-state index in [0.29, 0.717) is 16.7 Å². The van der Waals surface area contributed by atoms with E-state index >= 15 is 0 Å². The van der Waals surface area contributed by atoms with Gasteiger partial charge in [0.05, 0.1) is 12.0 Å². The fourth-order valence-electron chi connectivity index (χ4n) is 5.38. The van der Waals surface area contributed by atoms with Gasteiger partial charge in [-0.15, -0.1) is 0 Å². The molecule has 1 fully saturated rings. The third-order valence-corrected chi connectivity index (χ3v) is 6.99. The van der Waals surface area contributed by atoms with Crippen LogP contribution in [0.4, 0.5) is 0 Å². The van der Waals surface area contributed by atoms with Crippen LogP contribution in [0.2, 0.25) is 0 Å². The number of ketones is 1. The molecule has 180 valence electrons.